The quantitative estimate of drug-likeness (QED) is 0.259. The Bertz CT molecular complexity index is 1070. The Kier molecular flexibility index (Phi) is 7.14. The van der Waals surface area contributed by atoms with Crippen LogP contribution in [0.15, 0.2) is 78.4 Å². The van der Waals surface area contributed by atoms with E-state index in [-0.39, 0.29) is 0 Å². The molecule has 0 saturated heterocycles. The van der Waals surface area contributed by atoms with Gasteiger partial charge in [0.15, 0.2) is 8.07 Å². The number of hydrogen-bond acceptors (Lipinski definition) is 0. The van der Waals surface area contributed by atoms with Crippen molar-refractivity contribution in [3.05, 3.63) is 112 Å². The van der Waals surface area contributed by atoms with Gasteiger partial charge in [0.25, 0.3) is 0 Å². The lowest BCUT2D eigenvalue weighted by Crippen LogP contribution is -2.69. The fourth-order valence-corrected chi connectivity index (χ4v) is 11.8. The van der Waals surface area contributed by atoms with Crippen LogP contribution >= 0.6 is 0 Å². The molecule has 1 aliphatic carbocycles. The maximum Gasteiger partial charge on any atom is 0.158 e. The molecule has 0 aliphatic heterocycles. The van der Waals surface area contributed by atoms with Crippen molar-refractivity contribution in [1.29, 1.82) is 0 Å². The van der Waals surface area contributed by atoms with E-state index >= 15 is 0 Å². The van der Waals surface area contributed by atoms with Gasteiger partial charge in [0.2, 0.25) is 0 Å². The molecular formula is C33H40Si. The Labute approximate surface area is 208 Å². The topological polar surface area (TPSA) is 0 Å². The van der Waals surface area contributed by atoms with Gasteiger partial charge in [-0.25, -0.2) is 0 Å². The predicted octanol–water partition coefficient (Wildman–Crippen LogP) is 7.06. The fraction of sp³-hybridized carbons (Fsp3) is 0.333. The highest BCUT2D eigenvalue weighted by molar-refractivity contribution is 7.13. The second-order valence-corrected chi connectivity index (χ2v) is 14.7. The van der Waals surface area contributed by atoms with Gasteiger partial charge in [0.05, 0.1) is 0 Å². The molecule has 1 heteroatoms. The largest absolute Gasteiger partial charge is 0.158 e. The van der Waals surface area contributed by atoms with Crippen LogP contribution in [0.5, 0.6) is 0 Å². The summed E-state index contributed by atoms with van der Waals surface area (Å²) in [7, 11) is -2.42. The van der Waals surface area contributed by atoms with Crippen LogP contribution in [0, 0.1) is 41.5 Å². The number of aryl methyl sites for hydroxylation is 6. The summed E-state index contributed by atoms with van der Waals surface area (Å²) in [5, 5.41) is 4.59. The molecule has 0 radical (unpaired) electrons. The average molecular weight is 465 g/mol. The van der Waals surface area contributed by atoms with Crippen molar-refractivity contribution in [2.45, 2.75) is 73.3 Å². The highest BCUT2D eigenvalue weighted by Crippen LogP contribution is 2.34. The zero-order valence-corrected chi connectivity index (χ0v) is 23.1. The molecule has 0 heterocycles. The van der Waals surface area contributed by atoms with Gasteiger partial charge in [-0.2, -0.15) is 0 Å². The Morgan fingerprint density at radius 1 is 0.588 bits per heavy atom. The van der Waals surface area contributed by atoms with Gasteiger partial charge < -0.3 is 0 Å². The molecular weight excluding hydrogens is 424 g/mol. The summed E-state index contributed by atoms with van der Waals surface area (Å²) in [5.41, 5.74) is 10.1. The van der Waals surface area contributed by atoms with E-state index < -0.39 is 8.07 Å². The van der Waals surface area contributed by atoms with Gasteiger partial charge in [0, 0.05) is 5.54 Å². The van der Waals surface area contributed by atoms with Gasteiger partial charge in [-0.1, -0.05) is 125 Å². The second-order valence-electron chi connectivity index (χ2n) is 10.7. The van der Waals surface area contributed by atoms with Crippen molar-refractivity contribution in [3.63, 3.8) is 0 Å². The van der Waals surface area contributed by atoms with E-state index in [1.165, 1.54) is 73.8 Å². The average Bonchev–Trinajstić information content (AvgIpc) is 3.20. The van der Waals surface area contributed by atoms with Gasteiger partial charge in [-0.05, 0) is 69.9 Å². The minimum absolute atomic E-state index is 0.406. The molecule has 1 aliphatic rings. The summed E-state index contributed by atoms with van der Waals surface area (Å²) < 4.78 is 0. The first-order chi connectivity index (χ1) is 16.2. The Morgan fingerprint density at radius 3 is 1.32 bits per heavy atom. The van der Waals surface area contributed by atoms with E-state index in [1.807, 2.05) is 0 Å². The molecule has 0 bridgehead atoms. The molecule has 176 valence electrons. The van der Waals surface area contributed by atoms with E-state index in [1.54, 1.807) is 0 Å². The molecule has 0 N–H and O–H groups in total. The highest BCUT2D eigenvalue weighted by atomic mass is 28.3. The SMILES string of the molecule is CCCCC1=CC([Si](c2cc(C)cc(C)c2)(c2cc(C)cc(C)c2)c2cc(C)cc(C)c2)C=C1. The van der Waals surface area contributed by atoms with Gasteiger partial charge in [-0.15, -0.1) is 0 Å². The molecule has 34 heavy (non-hydrogen) atoms. The number of allylic oxidation sites excluding steroid dienone is 4. The fourth-order valence-electron chi connectivity index (χ4n) is 6.07. The van der Waals surface area contributed by atoms with Crippen LogP contribution in [0.4, 0.5) is 0 Å². The standard InChI is InChI=1S/C33H40Si/c1-8-9-10-29-11-12-30(22-29)34(31-16-23(2)13-24(3)17-31,32-18-25(4)14-26(5)19-32)33-20-27(6)15-28(7)21-33/h11-22,30H,8-10H2,1-7H3. The monoisotopic (exact) mass is 464 g/mol. The molecule has 0 spiro atoms. The van der Waals surface area contributed by atoms with Crippen LogP contribution in [0.3, 0.4) is 0 Å². The van der Waals surface area contributed by atoms with E-state index in [0.717, 1.165) is 0 Å². The summed E-state index contributed by atoms with van der Waals surface area (Å²) in [6, 6.07) is 21.9. The lowest BCUT2D eigenvalue weighted by Gasteiger charge is -2.39. The lowest BCUT2D eigenvalue weighted by atomic mass is 10.1. The summed E-state index contributed by atoms with van der Waals surface area (Å²) in [5.74, 6) is 0. The Hall–Kier alpha value is -2.64. The molecule has 0 nitrogen and oxygen atoms in total. The molecule has 1 atom stereocenters. The zero-order chi connectivity index (χ0) is 24.5. The van der Waals surface area contributed by atoms with Gasteiger partial charge in [0.1, 0.15) is 0 Å². The first kappa shape index (κ1) is 24.5. The predicted molar refractivity (Wildman–Crippen MR) is 153 cm³/mol. The van der Waals surface area contributed by atoms with Crippen molar-refractivity contribution < 1.29 is 0 Å². The molecule has 0 aromatic heterocycles. The van der Waals surface area contributed by atoms with E-state index in [4.69, 9.17) is 0 Å². The van der Waals surface area contributed by atoms with E-state index in [0.29, 0.717) is 5.54 Å². The van der Waals surface area contributed by atoms with Crippen LogP contribution < -0.4 is 15.6 Å². The number of hydrogen-bond donors (Lipinski definition) is 0. The third-order valence-electron chi connectivity index (χ3n) is 7.26. The maximum atomic E-state index is 2.62. The van der Waals surface area contributed by atoms with Crippen LogP contribution in [-0.2, 0) is 0 Å². The minimum atomic E-state index is -2.42. The van der Waals surface area contributed by atoms with E-state index in [9.17, 15) is 0 Å². The first-order valence-electron chi connectivity index (χ1n) is 12.9. The summed E-state index contributed by atoms with van der Waals surface area (Å²) in [4.78, 5) is 0. The maximum absolute atomic E-state index is 2.62. The van der Waals surface area contributed by atoms with Crippen molar-refractivity contribution in [1.82, 2.24) is 0 Å². The minimum Gasteiger partial charge on any atom is -0.0790 e. The van der Waals surface area contributed by atoms with Crippen LogP contribution in [0.1, 0.15) is 59.6 Å². The van der Waals surface area contributed by atoms with E-state index in [2.05, 4.69) is 121 Å². The second kappa shape index (κ2) is 9.92. The van der Waals surface area contributed by atoms with Crippen LogP contribution in [-0.4, -0.2) is 8.07 Å². The first-order valence-corrected chi connectivity index (χ1v) is 15.0. The molecule has 1 unspecified atom stereocenters. The normalized spacial score (nSPS) is 15.6. The van der Waals surface area contributed by atoms with Crippen molar-refractivity contribution in [3.8, 4) is 0 Å². The van der Waals surface area contributed by atoms with Crippen molar-refractivity contribution in [2.75, 3.05) is 0 Å². The number of unbranched alkanes of at least 4 members (excludes halogenated alkanes) is 1. The zero-order valence-electron chi connectivity index (χ0n) is 22.1. The summed E-state index contributed by atoms with van der Waals surface area (Å²) >= 11 is 0. The van der Waals surface area contributed by atoms with Gasteiger partial charge in [-0.3, -0.25) is 0 Å². The van der Waals surface area contributed by atoms with Crippen molar-refractivity contribution in [2.24, 2.45) is 0 Å². The number of rotatable bonds is 7. The third kappa shape index (κ3) is 4.77. The molecule has 3 aromatic rings. The molecule has 0 fully saturated rings. The Morgan fingerprint density at radius 2 is 0.971 bits per heavy atom. The lowest BCUT2D eigenvalue weighted by molar-refractivity contribution is 0.798. The van der Waals surface area contributed by atoms with Crippen molar-refractivity contribution >= 4 is 23.6 Å². The summed E-state index contributed by atoms with van der Waals surface area (Å²) in [6.45, 7) is 15.8. The molecule has 0 saturated carbocycles. The summed E-state index contributed by atoms with van der Waals surface area (Å²) in [6.07, 6.45) is 11.3. The molecule has 4 rings (SSSR count). The van der Waals surface area contributed by atoms with Crippen LogP contribution in [0.25, 0.3) is 0 Å². The number of benzene rings is 3. The van der Waals surface area contributed by atoms with Gasteiger partial charge >= 0.3 is 0 Å². The third-order valence-corrected chi connectivity index (χ3v) is 12.2. The Balaban J connectivity index is 2.11. The molecule has 0 amide bonds. The molecule has 3 aromatic carbocycles. The highest BCUT2D eigenvalue weighted by Gasteiger charge is 2.46. The van der Waals surface area contributed by atoms with Crippen LogP contribution in [0.2, 0.25) is 5.54 Å². The smallest absolute Gasteiger partial charge is 0.0790 e.